The van der Waals surface area contributed by atoms with Crippen LogP contribution in [0.5, 0.6) is 0 Å². The monoisotopic (exact) mass is 294 g/mol. The maximum atomic E-state index is 5.62. The number of para-hydroxylation sites is 1. The molecule has 1 aromatic carbocycles. The van der Waals surface area contributed by atoms with Crippen molar-refractivity contribution in [1.82, 2.24) is 9.97 Å². The van der Waals surface area contributed by atoms with Gasteiger partial charge in [0.05, 0.1) is 16.9 Å². The molecule has 3 aromatic rings. The molecule has 2 heterocycles. The number of nitrogens with zero attached hydrogens (tertiary/aromatic N) is 2. The number of pyridine rings is 2. The van der Waals surface area contributed by atoms with Gasteiger partial charge >= 0.3 is 0 Å². The zero-order chi connectivity index (χ0) is 14.8. The maximum Gasteiger partial charge on any atom is 0.122 e. The van der Waals surface area contributed by atoms with Gasteiger partial charge in [0.2, 0.25) is 0 Å². The Kier molecular flexibility index (Phi) is 3.50. The molecule has 0 spiro atoms. The predicted octanol–water partition coefficient (Wildman–Crippen LogP) is 3.32. The minimum atomic E-state index is 0.283. The van der Waals surface area contributed by atoms with Crippen LogP contribution in [0.2, 0.25) is 0 Å². The maximum absolute atomic E-state index is 5.62. The number of anilines is 2. The molecule has 0 unspecified atom stereocenters. The van der Waals surface area contributed by atoms with Crippen LogP contribution in [0.4, 0.5) is 11.4 Å². The first-order valence-electron chi connectivity index (χ1n) is 6.53. The molecule has 104 valence electrons. The third-order valence-corrected chi connectivity index (χ3v) is 3.36. The van der Waals surface area contributed by atoms with Gasteiger partial charge in [0.1, 0.15) is 4.99 Å². The Balaban J connectivity index is 2.04. The zero-order valence-corrected chi connectivity index (χ0v) is 12.3. The molecular formula is C16H14N4S. The molecule has 2 aromatic heterocycles. The van der Waals surface area contributed by atoms with Crippen molar-refractivity contribution in [1.29, 1.82) is 0 Å². The summed E-state index contributed by atoms with van der Waals surface area (Å²) in [5.41, 5.74) is 9.95. The van der Waals surface area contributed by atoms with Gasteiger partial charge in [-0.15, -0.1) is 0 Å². The molecule has 0 atom stereocenters. The smallest absolute Gasteiger partial charge is 0.122 e. The highest BCUT2D eigenvalue weighted by molar-refractivity contribution is 7.80. The van der Waals surface area contributed by atoms with Crippen molar-refractivity contribution >= 4 is 39.5 Å². The van der Waals surface area contributed by atoms with Crippen molar-refractivity contribution in [3.8, 4) is 0 Å². The molecule has 5 heteroatoms. The van der Waals surface area contributed by atoms with E-state index in [2.05, 4.69) is 21.4 Å². The van der Waals surface area contributed by atoms with Gasteiger partial charge in [0, 0.05) is 23.0 Å². The van der Waals surface area contributed by atoms with E-state index in [1.54, 1.807) is 6.20 Å². The Hall–Kier alpha value is -2.53. The van der Waals surface area contributed by atoms with Gasteiger partial charge in [-0.1, -0.05) is 30.4 Å². The largest absolute Gasteiger partial charge is 0.388 e. The van der Waals surface area contributed by atoms with Gasteiger partial charge in [-0.3, -0.25) is 9.97 Å². The number of nitrogens with one attached hydrogen (secondary N) is 1. The molecule has 0 saturated heterocycles. The van der Waals surface area contributed by atoms with E-state index < -0.39 is 0 Å². The van der Waals surface area contributed by atoms with Crippen LogP contribution in [-0.2, 0) is 0 Å². The van der Waals surface area contributed by atoms with Crippen molar-refractivity contribution in [2.24, 2.45) is 5.73 Å². The van der Waals surface area contributed by atoms with Crippen molar-refractivity contribution in [2.45, 2.75) is 6.92 Å². The number of hydrogen-bond acceptors (Lipinski definition) is 4. The number of aryl methyl sites for hydroxylation is 1. The van der Waals surface area contributed by atoms with Crippen LogP contribution in [0.1, 0.15) is 11.4 Å². The van der Waals surface area contributed by atoms with Crippen molar-refractivity contribution < 1.29 is 0 Å². The fraction of sp³-hybridized carbons (Fsp3) is 0.0625. The number of benzene rings is 1. The summed E-state index contributed by atoms with van der Waals surface area (Å²) in [6.07, 6.45) is 1.68. The van der Waals surface area contributed by atoms with E-state index in [0.29, 0.717) is 5.69 Å². The minimum absolute atomic E-state index is 0.283. The number of aromatic nitrogens is 2. The molecular weight excluding hydrogens is 280 g/mol. The summed E-state index contributed by atoms with van der Waals surface area (Å²) in [4.78, 5) is 9.02. The van der Waals surface area contributed by atoms with E-state index in [1.165, 1.54) is 0 Å². The summed E-state index contributed by atoms with van der Waals surface area (Å²) in [6.45, 7) is 1.98. The second-order valence-electron chi connectivity index (χ2n) is 4.75. The zero-order valence-electron chi connectivity index (χ0n) is 11.5. The predicted molar refractivity (Wildman–Crippen MR) is 89.9 cm³/mol. The third kappa shape index (κ3) is 2.83. The molecule has 21 heavy (non-hydrogen) atoms. The highest BCUT2D eigenvalue weighted by atomic mass is 32.1. The van der Waals surface area contributed by atoms with Crippen molar-refractivity contribution in [2.75, 3.05) is 5.32 Å². The summed E-state index contributed by atoms with van der Waals surface area (Å²) in [5, 5.41) is 4.44. The van der Waals surface area contributed by atoms with Crippen LogP contribution in [0.25, 0.3) is 10.9 Å². The van der Waals surface area contributed by atoms with Gasteiger partial charge in [0.25, 0.3) is 0 Å². The number of rotatable bonds is 3. The van der Waals surface area contributed by atoms with Gasteiger partial charge in [-0.2, -0.15) is 0 Å². The number of hydrogen-bond donors (Lipinski definition) is 2. The lowest BCUT2D eigenvalue weighted by atomic mass is 10.1. The highest BCUT2D eigenvalue weighted by Gasteiger charge is 2.05. The van der Waals surface area contributed by atoms with E-state index in [0.717, 1.165) is 28.0 Å². The van der Waals surface area contributed by atoms with Crippen LogP contribution in [0, 0.1) is 6.92 Å². The van der Waals surface area contributed by atoms with E-state index in [1.807, 2.05) is 43.3 Å². The summed E-state index contributed by atoms with van der Waals surface area (Å²) in [6, 6.07) is 13.8. The van der Waals surface area contributed by atoms with Gasteiger partial charge in [-0.25, -0.2) is 0 Å². The molecule has 0 amide bonds. The third-order valence-electron chi connectivity index (χ3n) is 3.15. The average molecular weight is 294 g/mol. The van der Waals surface area contributed by atoms with E-state index in [-0.39, 0.29) is 4.99 Å². The highest BCUT2D eigenvalue weighted by Crippen LogP contribution is 2.25. The van der Waals surface area contributed by atoms with Gasteiger partial charge in [-0.05, 0) is 31.2 Å². The Labute approximate surface area is 128 Å². The SMILES string of the molecule is Cc1ccc2cccc(Nc3ccnc(C(N)=S)c3)c2n1. The molecule has 0 aliphatic rings. The Morgan fingerprint density at radius 1 is 1.19 bits per heavy atom. The Bertz CT molecular complexity index is 829. The molecule has 3 rings (SSSR count). The molecule has 0 bridgehead atoms. The lowest BCUT2D eigenvalue weighted by Gasteiger charge is -2.10. The molecule has 0 aliphatic heterocycles. The number of thiocarbonyl (C=S) groups is 1. The van der Waals surface area contributed by atoms with Gasteiger partial charge in [0.15, 0.2) is 0 Å². The first-order chi connectivity index (χ1) is 10.1. The second kappa shape index (κ2) is 5.46. The molecule has 0 radical (unpaired) electrons. The van der Waals surface area contributed by atoms with Crippen molar-refractivity contribution in [3.05, 3.63) is 60.0 Å². The fourth-order valence-corrected chi connectivity index (χ4v) is 2.26. The molecule has 0 aliphatic carbocycles. The first kappa shape index (κ1) is 13.5. The lowest BCUT2D eigenvalue weighted by molar-refractivity contribution is 1.25. The number of nitrogens with two attached hydrogens (primary N) is 1. The fourth-order valence-electron chi connectivity index (χ4n) is 2.14. The normalized spacial score (nSPS) is 10.5. The minimum Gasteiger partial charge on any atom is -0.388 e. The Morgan fingerprint density at radius 3 is 2.86 bits per heavy atom. The molecule has 0 fully saturated rings. The van der Waals surface area contributed by atoms with Crippen LogP contribution in [-0.4, -0.2) is 15.0 Å². The molecule has 0 saturated carbocycles. The van der Waals surface area contributed by atoms with E-state index in [9.17, 15) is 0 Å². The summed E-state index contributed by atoms with van der Waals surface area (Å²) in [7, 11) is 0. The molecule has 4 nitrogen and oxygen atoms in total. The summed E-state index contributed by atoms with van der Waals surface area (Å²) >= 11 is 4.96. The number of fused-ring (bicyclic) bond motifs is 1. The van der Waals surface area contributed by atoms with Crippen LogP contribution in [0.3, 0.4) is 0 Å². The van der Waals surface area contributed by atoms with E-state index >= 15 is 0 Å². The lowest BCUT2D eigenvalue weighted by Crippen LogP contribution is -2.11. The summed E-state index contributed by atoms with van der Waals surface area (Å²) in [5.74, 6) is 0. The standard InChI is InChI=1S/C16H14N4S/c1-10-5-6-11-3-2-4-13(15(11)19-10)20-12-7-8-18-14(9-12)16(17)21/h2-9H,1H3,(H2,17,21)(H,18,20). The van der Waals surface area contributed by atoms with Crippen molar-refractivity contribution in [3.63, 3.8) is 0 Å². The average Bonchev–Trinajstić information content (AvgIpc) is 2.48. The van der Waals surface area contributed by atoms with E-state index in [4.69, 9.17) is 18.0 Å². The van der Waals surface area contributed by atoms with Gasteiger partial charge < -0.3 is 11.1 Å². The quantitative estimate of drug-likeness (QED) is 0.726. The van der Waals surface area contributed by atoms with Crippen LogP contribution in [0.15, 0.2) is 48.7 Å². The van der Waals surface area contributed by atoms with Crippen LogP contribution < -0.4 is 11.1 Å². The summed E-state index contributed by atoms with van der Waals surface area (Å²) < 4.78 is 0. The first-order valence-corrected chi connectivity index (χ1v) is 6.93. The second-order valence-corrected chi connectivity index (χ2v) is 5.19. The Morgan fingerprint density at radius 2 is 2.05 bits per heavy atom. The topological polar surface area (TPSA) is 63.8 Å². The molecule has 3 N–H and O–H groups in total. The van der Waals surface area contributed by atoms with Crippen LogP contribution >= 0.6 is 12.2 Å².